The molecular weight excluding hydrogens is 256 g/mol. The number of hydrogen-bond donors (Lipinski definition) is 1. The summed E-state index contributed by atoms with van der Waals surface area (Å²) in [5, 5.41) is 3.81. The van der Waals surface area contributed by atoms with Gasteiger partial charge in [-0.1, -0.05) is 51.1 Å². The topological polar surface area (TPSA) is 15.3 Å². The molecule has 2 atom stereocenters. The summed E-state index contributed by atoms with van der Waals surface area (Å²) in [6.07, 6.45) is 4.88. The van der Waals surface area contributed by atoms with Gasteiger partial charge in [-0.3, -0.25) is 0 Å². The summed E-state index contributed by atoms with van der Waals surface area (Å²) in [6.45, 7) is 12.7. The summed E-state index contributed by atoms with van der Waals surface area (Å²) in [6, 6.07) is 12.0. The van der Waals surface area contributed by atoms with Gasteiger partial charge in [0.2, 0.25) is 0 Å². The second-order valence-corrected chi connectivity index (χ2v) is 6.03. The van der Waals surface area contributed by atoms with Crippen LogP contribution in [0.4, 0.5) is 0 Å². The van der Waals surface area contributed by atoms with Crippen LogP contribution in [0.3, 0.4) is 0 Å². The lowest BCUT2D eigenvalue weighted by molar-refractivity contribution is 0.287. The minimum atomic E-state index is 0.593. The lowest BCUT2D eigenvalue weighted by atomic mass is 10.0. The number of hydrogen-bond acceptors (Lipinski definition) is 2. The lowest BCUT2D eigenvalue weighted by Crippen LogP contribution is -2.38. The van der Waals surface area contributed by atoms with Crippen LogP contribution in [-0.4, -0.2) is 36.6 Å². The van der Waals surface area contributed by atoms with Crippen molar-refractivity contribution in [1.82, 2.24) is 10.2 Å². The van der Waals surface area contributed by atoms with Crippen molar-refractivity contribution in [1.29, 1.82) is 0 Å². The molecule has 1 aromatic carbocycles. The van der Waals surface area contributed by atoms with Crippen LogP contribution in [-0.2, 0) is 6.42 Å². The van der Waals surface area contributed by atoms with Crippen LogP contribution in [0.25, 0.3) is 0 Å². The Bertz CT molecular complexity index is 346. The average molecular weight is 290 g/mol. The monoisotopic (exact) mass is 290 g/mol. The fourth-order valence-corrected chi connectivity index (χ4v) is 2.87. The predicted octanol–water partition coefficient (Wildman–Crippen LogP) is 4.11. The number of rotatable bonds is 11. The van der Waals surface area contributed by atoms with Crippen LogP contribution in [0.2, 0.25) is 0 Å². The molecule has 0 aromatic heterocycles. The smallest absolute Gasteiger partial charge is 0.0107 e. The molecule has 0 aliphatic carbocycles. The maximum absolute atomic E-state index is 3.81. The molecule has 0 aliphatic rings. The number of nitrogens with one attached hydrogen (secondary N) is 1. The Labute approximate surface area is 131 Å². The van der Waals surface area contributed by atoms with Gasteiger partial charge in [-0.05, 0) is 57.8 Å². The molecule has 0 radical (unpaired) electrons. The first-order valence-corrected chi connectivity index (χ1v) is 8.71. The van der Waals surface area contributed by atoms with E-state index in [1.54, 1.807) is 0 Å². The molecular formula is C19H34N2. The van der Waals surface area contributed by atoms with Crippen LogP contribution in [0.1, 0.15) is 52.5 Å². The standard InChI is InChI=1S/C19H34N2/c1-5-19(16-18-13-9-8-10-14-18)20-17(4)12-11-15-21(6-2)7-3/h8-10,13-14,17,19-20H,5-7,11-12,15-16H2,1-4H3. The van der Waals surface area contributed by atoms with E-state index < -0.39 is 0 Å². The highest BCUT2D eigenvalue weighted by molar-refractivity contribution is 5.15. The molecule has 21 heavy (non-hydrogen) atoms. The molecule has 0 fully saturated rings. The minimum absolute atomic E-state index is 0.593. The first kappa shape index (κ1) is 18.2. The number of benzene rings is 1. The van der Waals surface area contributed by atoms with Crippen LogP contribution in [0, 0.1) is 0 Å². The van der Waals surface area contributed by atoms with Crippen molar-refractivity contribution in [3.8, 4) is 0 Å². The van der Waals surface area contributed by atoms with Gasteiger partial charge in [-0.15, -0.1) is 0 Å². The average Bonchev–Trinajstić information content (AvgIpc) is 2.52. The predicted molar refractivity (Wildman–Crippen MR) is 93.8 cm³/mol. The molecule has 0 saturated heterocycles. The first-order chi connectivity index (χ1) is 10.2. The zero-order valence-electron chi connectivity index (χ0n) is 14.4. The molecule has 1 rings (SSSR count). The Balaban J connectivity index is 2.29. The second kappa shape index (κ2) is 10.8. The minimum Gasteiger partial charge on any atom is -0.311 e. The fraction of sp³-hybridized carbons (Fsp3) is 0.684. The Kier molecular flexibility index (Phi) is 9.36. The molecule has 1 aromatic rings. The van der Waals surface area contributed by atoms with Crippen LogP contribution in [0.5, 0.6) is 0 Å². The van der Waals surface area contributed by atoms with Gasteiger partial charge >= 0.3 is 0 Å². The van der Waals surface area contributed by atoms with Gasteiger partial charge in [0.15, 0.2) is 0 Å². The van der Waals surface area contributed by atoms with E-state index in [0.29, 0.717) is 12.1 Å². The summed E-state index contributed by atoms with van der Waals surface area (Å²) in [7, 11) is 0. The molecule has 0 spiro atoms. The molecule has 1 N–H and O–H groups in total. The third kappa shape index (κ3) is 7.63. The van der Waals surface area contributed by atoms with Gasteiger partial charge in [-0.25, -0.2) is 0 Å². The van der Waals surface area contributed by atoms with Gasteiger partial charge in [0, 0.05) is 12.1 Å². The van der Waals surface area contributed by atoms with E-state index in [-0.39, 0.29) is 0 Å². The third-order valence-electron chi connectivity index (χ3n) is 4.34. The second-order valence-electron chi connectivity index (χ2n) is 6.03. The van der Waals surface area contributed by atoms with Crippen molar-refractivity contribution in [3.63, 3.8) is 0 Å². The van der Waals surface area contributed by atoms with Crippen LogP contribution >= 0.6 is 0 Å². The van der Waals surface area contributed by atoms with Gasteiger partial charge in [-0.2, -0.15) is 0 Å². The summed E-state index contributed by atoms with van der Waals surface area (Å²) < 4.78 is 0. The highest BCUT2D eigenvalue weighted by Crippen LogP contribution is 2.08. The molecule has 2 heteroatoms. The van der Waals surface area contributed by atoms with Crippen molar-refractivity contribution in [2.45, 2.75) is 65.5 Å². The zero-order chi connectivity index (χ0) is 15.5. The van der Waals surface area contributed by atoms with E-state index in [0.717, 1.165) is 6.42 Å². The van der Waals surface area contributed by atoms with E-state index in [1.807, 2.05) is 0 Å². The first-order valence-electron chi connectivity index (χ1n) is 8.71. The quantitative estimate of drug-likeness (QED) is 0.660. The highest BCUT2D eigenvalue weighted by Gasteiger charge is 2.11. The van der Waals surface area contributed by atoms with Crippen molar-refractivity contribution >= 4 is 0 Å². The Hall–Kier alpha value is -0.860. The Morgan fingerprint density at radius 2 is 1.71 bits per heavy atom. The Morgan fingerprint density at radius 3 is 2.29 bits per heavy atom. The van der Waals surface area contributed by atoms with Crippen molar-refractivity contribution in [2.24, 2.45) is 0 Å². The van der Waals surface area contributed by atoms with E-state index in [2.05, 4.69) is 68.2 Å². The summed E-state index contributed by atoms with van der Waals surface area (Å²) in [5.74, 6) is 0. The summed E-state index contributed by atoms with van der Waals surface area (Å²) in [4.78, 5) is 2.51. The van der Waals surface area contributed by atoms with Crippen molar-refractivity contribution in [3.05, 3.63) is 35.9 Å². The normalized spacial score (nSPS) is 14.3. The van der Waals surface area contributed by atoms with E-state index >= 15 is 0 Å². The van der Waals surface area contributed by atoms with E-state index in [9.17, 15) is 0 Å². The van der Waals surface area contributed by atoms with Gasteiger partial charge < -0.3 is 10.2 Å². The van der Waals surface area contributed by atoms with Crippen LogP contribution < -0.4 is 5.32 Å². The Morgan fingerprint density at radius 1 is 1.05 bits per heavy atom. The maximum Gasteiger partial charge on any atom is 0.0107 e. The molecule has 2 unspecified atom stereocenters. The van der Waals surface area contributed by atoms with Gasteiger partial charge in [0.25, 0.3) is 0 Å². The largest absolute Gasteiger partial charge is 0.311 e. The third-order valence-corrected chi connectivity index (χ3v) is 4.34. The van der Waals surface area contributed by atoms with Crippen LogP contribution in [0.15, 0.2) is 30.3 Å². The molecule has 0 heterocycles. The molecule has 0 amide bonds. The maximum atomic E-state index is 3.81. The van der Waals surface area contributed by atoms with Crippen molar-refractivity contribution < 1.29 is 0 Å². The molecule has 0 aliphatic heterocycles. The summed E-state index contributed by atoms with van der Waals surface area (Å²) >= 11 is 0. The SMILES string of the molecule is CCC(Cc1ccccc1)NC(C)CCCN(CC)CC. The number of nitrogens with zero attached hydrogens (tertiary/aromatic N) is 1. The molecule has 120 valence electrons. The van der Waals surface area contributed by atoms with Gasteiger partial charge in [0.1, 0.15) is 0 Å². The summed E-state index contributed by atoms with van der Waals surface area (Å²) in [5.41, 5.74) is 1.44. The zero-order valence-corrected chi connectivity index (χ0v) is 14.4. The highest BCUT2D eigenvalue weighted by atomic mass is 15.1. The van der Waals surface area contributed by atoms with Gasteiger partial charge in [0.05, 0.1) is 0 Å². The van der Waals surface area contributed by atoms with E-state index in [1.165, 1.54) is 44.5 Å². The van der Waals surface area contributed by atoms with E-state index in [4.69, 9.17) is 0 Å². The molecule has 0 saturated carbocycles. The van der Waals surface area contributed by atoms with Crippen molar-refractivity contribution in [2.75, 3.05) is 19.6 Å². The lowest BCUT2D eigenvalue weighted by Gasteiger charge is -2.24. The molecule has 2 nitrogen and oxygen atoms in total. The fourth-order valence-electron chi connectivity index (χ4n) is 2.87. The molecule has 0 bridgehead atoms.